The Morgan fingerprint density at radius 2 is 2.11 bits per heavy atom. The van der Waals surface area contributed by atoms with E-state index in [0.717, 1.165) is 37.1 Å². The van der Waals surface area contributed by atoms with Gasteiger partial charge in [-0.15, -0.1) is 0 Å². The van der Waals surface area contributed by atoms with Gasteiger partial charge in [0.15, 0.2) is 0 Å². The fraction of sp³-hybridized carbons (Fsp3) is 0.467. The zero-order chi connectivity index (χ0) is 13.7. The molecule has 0 spiro atoms. The van der Waals surface area contributed by atoms with E-state index in [1.165, 1.54) is 0 Å². The summed E-state index contributed by atoms with van der Waals surface area (Å²) in [6, 6.07) is 7.33. The van der Waals surface area contributed by atoms with Gasteiger partial charge in [0.05, 0.1) is 12.5 Å². The van der Waals surface area contributed by atoms with E-state index >= 15 is 0 Å². The molecule has 0 aliphatic heterocycles. The second kappa shape index (κ2) is 6.36. The summed E-state index contributed by atoms with van der Waals surface area (Å²) in [4.78, 5) is 12.1. The van der Waals surface area contributed by atoms with Crippen molar-refractivity contribution >= 4 is 17.3 Å². The second-order valence-corrected chi connectivity index (χ2v) is 4.77. The van der Waals surface area contributed by atoms with Gasteiger partial charge in [-0.3, -0.25) is 4.79 Å². The monoisotopic (exact) mass is 260 g/mol. The van der Waals surface area contributed by atoms with Crippen LogP contribution in [0, 0.1) is 11.3 Å². The fourth-order valence-corrected chi connectivity index (χ4v) is 2.33. The molecule has 1 aliphatic rings. The summed E-state index contributed by atoms with van der Waals surface area (Å²) < 4.78 is 5.35. The molecule has 102 valence electrons. The quantitative estimate of drug-likeness (QED) is 0.873. The molecule has 1 aliphatic carbocycles. The summed E-state index contributed by atoms with van der Waals surface area (Å²) in [6.45, 7) is 2.56. The molecule has 1 atom stereocenters. The zero-order valence-electron chi connectivity index (χ0n) is 11.2. The molecule has 0 bridgehead atoms. The van der Waals surface area contributed by atoms with Gasteiger partial charge in [-0.05, 0) is 50.5 Å². The van der Waals surface area contributed by atoms with Gasteiger partial charge in [0, 0.05) is 11.4 Å². The zero-order valence-corrected chi connectivity index (χ0v) is 11.2. The van der Waals surface area contributed by atoms with Crippen LogP contribution < -0.4 is 10.1 Å². The molecule has 1 unspecified atom stereocenters. The number of carbonyl (C=O) groups is 1. The number of nitrogens with one attached hydrogen (secondary N) is 2. The molecule has 1 saturated carbocycles. The van der Waals surface area contributed by atoms with Crippen molar-refractivity contribution in [3.8, 4) is 5.75 Å². The Morgan fingerprint density at radius 1 is 1.37 bits per heavy atom. The molecule has 0 radical (unpaired) electrons. The molecule has 0 heterocycles. The van der Waals surface area contributed by atoms with Crippen molar-refractivity contribution < 1.29 is 9.53 Å². The van der Waals surface area contributed by atoms with Crippen LogP contribution in [0.15, 0.2) is 24.3 Å². The van der Waals surface area contributed by atoms with Crippen LogP contribution in [0.1, 0.15) is 32.6 Å². The summed E-state index contributed by atoms with van der Waals surface area (Å²) >= 11 is 0. The van der Waals surface area contributed by atoms with Gasteiger partial charge < -0.3 is 15.5 Å². The Balaban J connectivity index is 1.96. The van der Waals surface area contributed by atoms with Crippen LogP contribution in [0.2, 0.25) is 0 Å². The highest BCUT2D eigenvalue weighted by atomic mass is 16.5. The lowest BCUT2D eigenvalue weighted by Gasteiger charge is -2.22. The average Bonchev–Trinajstić information content (AvgIpc) is 2.42. The van der Waals surface area contributed by atoms with Crippen molar-refractivity contribution in [2.24, 2.45) is 5.92 Å². The number of rotatable bonds is 4. The van der Waals surface area contributed by atoms with Crippen molar-refractivity contribution in [1.82, 2.24) is 0 Å². The van der Waals surface area contributed by atoms with Gasteiger partial charge >= 0.3 is 0 Å². The molecule has 2 rings (SSSR count). The molecule has 4 nitrogen and oxygen atoms in total. The second-order valence-electron chi connectivity index (χ2n) is 4.77. The predicted octanol–water partition coefficient (Wildman–Crippen LogP) is 3.23. The highest BCUT2D eigenvalue weighted by Crippen LogP contribution is 2.23. The van der Waals surface area contributed by atoms with Gasteiger partial charge in [-0.25, -0.2) is 0 Å². The maximum absolute atomic E-state index is 12.1. The van der Waals surface area contributed by atoms with E-state index in [1.807, 2.05) is 31.2 Å². The van der Waals surface area contributed by atoms with Crippen LogP contribution in [0.4, 0.5) is 5.69 Å². The molecule has 0 saturated heterocycles. The summed E-state index contributed by atoms with van der Waals surface area (Å²) in [5.41, 5.74) is 1.32. The normalized spacial score (nSPS) is 19.0. The number of hydrogen-bond donors (Lipinski definition) is 2. The van der Waals surface area contributed by atoms with E-state index in [1.54, 1.807) is 0 Å². The molecule has 2 N–H and O–H groups in total. The predicted molar refractivity (Wildman–Crippen MR) is 75.9 cm³/mol. The van der Waals surface area contributed by atoms with Gasteiger partial charge in [0.2, 0.25) is 5.91 Å². The fourth-order valence-electron chi connectivity index (χ4n) is 2.33. The van der Waals surface area contributed by atoms with Crippen molar-refractivity contribution in [2.75, 3.05) is 11.9 Å². The van der Waals surface area contributed by atoms with Crippen LogP contribution >= 0.6 is 0 Å². The molecule has 1 aromatic carbocycles. The highest BCUT2D eigenvalue weighted by Gasteiger charge is 2.25. The number of ether oxygens (including phenoxy) is 1. The van der Waals surface area contributed by atoms with Gasteiger partial charge in [0.1, 0.15) is 5.75 Å². The number of anilines is 1. The van der Waals surface area contributed by atoms with Crippen LogP contribution in [0.25, 0.3) is 0 Å². The Bertz CT molecular complexity index is 454. The summed E-state index contributed by atoms with van der Waals surface area (Å²) in [7, 11) is 0. The third kappa shape index (κ3) is 3.56. The number of amides is 1. The maximum atomic E-state index is 12.1. The number of benzene rings is 1. The number of hydrogen-bond acceptors (Lipinski definition) is 3. The smallest absolute Gasteiger partial charge is 0.233 e. The summed E-state index contributed by atoms with van der Waals surface area (Å²) in [6.07, 6.45) is 3.61. The molecule has 1 amide bonds. The lowest BCUT2D eigenvalue weighted by atomic mass is 9.86. The molecular weight excluding hydrogens is 240 g/mol. The minimum Gasteiger partial charge on any atom is -0.494 e. The highest BCUT2D eigenvalue weighted by molar-refractivity contribution is 6.08. The largest absolute Gasteiger partial charge is 0.494 e. The Hall–Kier alpha value is -1.84. The Kier molecular flexibility index (Phi) is 4.55. The summed E-state index contributed by atoms with van der Waals surface area (Å²) in [5.74, 6) is 0.486. The molecule has 19 heavy (non-hydrogen) atoms. The van der Waals surface area contributed by atoms with E-state index < -0.39 is 0 Å². The standard InChI is InChI=1S/C15H20N2O2/c1-2-19-12-9-7-11(8-10-12)17-15(18)13-5-3-4-6-14(13)16/h7-10,13,16H,2-6H2,1H3,(H,17,18). The van der Waals surface area contributed by atoms with E-state index in [2.05, 4.69) is 5.32 Å². The van der Waals surface area contributed by atoms with Gasteiger partial charge in [-0.1, -0.05) is 6.42 Å². The summed E-state index contributed by atoms with van der Waals surface area (Å²) in [5, 5.41) is 10.7. The first-order chi connectivity index (χ1) is 9.20. The van der Waals surface area contributed by atoms with Gasteiger partial charge in [0.25, 0.3) is 0 Å². The van der Waals surface area contributed by atoms with Gasteiger partial charge in [-0.2, -0.15) is 0 Å². The molecule has 1 fully saturated rings. The van der Waals surface area contributed by atoms with Crippen LogP contribution in [-0.2, 0) is 4.79 Å². The minimum atomic E-state index is -0.250. The molecule has 0 aromatic heterocycles. The molecule has 4 heteroatoms. The van der Waals surface area contributed by atoms with Crippen molar-refractivity contribution in [3.05, 3.63) is 24.3 Å². The van der Waals surface area contributed by atoms with Crippen molar-refractivity contribution in [2.45, 2.75) is 32.6 Å². The van der Waals surface area contributed by atoms with E-state index in [9.17, 15) is 4.79 Å². The van der Waals surface area contributed by atoms with Crippen molar-refractivity contribution in [1.29, 1.82) is 5.41 Å². The van der Waals surface area contributed by atoms with E-state index in [-0.39, 0.29) is 11.8 Å². The first-order valence-corrected chi connectivity index (χ1v) is 6.81. The van der Waals surface area contributed by atoms with E-state index in [4.69, 9.17) is 10.1 Å². The first-order valence-electron chi connectivity index (χ1n) is 6.81. The lowest BCUT2D eigenvalue weighted by molar-refractivity contribution is -0.118. The third-order valence-electron chi connectivity index (χ3n) is 3.36. The minimum absolute atomic E-state index is 0.0612. The number of carbonyl (C=O) groups excluding carboxylic acids is 1. The molecule has 1 aromatic rings. The molecular formula is C15H20N2O2. The SMILES string of the molecule is CCOc1ccc(NC(=O)C2CCCCC2=N)cc1. The Morgan fingerprint density at radius 3 is 2.74 bits per heavy atom. The lowest BCUT2D eigenvalue weighted by Crippen LogP contribution is -2.31. The topological polar surface area (TPSA) is 62.2 Å². The van der Waals surface area contributed by atoms with Crippen molar-refractivity contribution in [3.63, 3.8) is 0 Å². The maximum Gasteiger partial charge on any atom is 0.233 e. The van der Waals surface area contributed by atoms with Crippen LogP contribution in [0.3, 0.4) is 0 Å². The average molecular weight is 260 g/mol. The first kappa shape index (κ1) is 13.6. The third-order valence-corrected chi connectivity index (χ3v) is 3.36. The van der Waals surface area contributed by atoms with E-state index in [0.29, 0.717) is 12.3 Å². The van der Waals surface area contributed by atoms with Crippen LogP contribution in [0.5, 0.6) is 5.75 Å². The Labute approximate surface area is 113 Å². The van der Waals surface area contributed by atoms with Crippen LogP contribution in [-0.4, -0.2) is 18.2 Å².